The molecule has 32 heavy (non-hydrogen) atoms. The zero-order valence-corrected chi connectivity index (χ0v) is 18.7. The standard InChI is InChI=1S/C23H25N5O3S/c1-2-31-23(30)27-15-13-26(14-16-27)20(29)17-32-22-25-24-21(18-9-5-3-6-10-18)28(22)19-11-7-4-8-12-19/h3-12H,2,13-17H2,1H3. The number of thioether (sulfide) groups is 1. The molecule has 0 bridgehead atoms. The van der Waals surface area contributed by atoms with Crippen LogP contribution < -0.4 is 0 Å². The van der Waals surface area contributed by atoms with E-state index in [1.807, 2.05) is 65.2 Å². The number of piperazine rings is 1. The van der Waals surface area contributed by atoms with Crippen LogP contribution in [0.2, 0.25) is 0 Å². The predicted molar refractivity (Wildman–Crippen MR) is 123 cm³/mol. The monoisotopic (exact) mass is 451 g/mol. The highest BCUT2D eigenvalue weighted by Crippen LogP contribution is 2.28. The summed E-state index contributed by atoms with van der Waals surface area (Å²) in [5.41, 5.74) is 1.89. The molecule has 0 radical (unpaired) electrons. The Hall–Kier alpha value is -3.33. The van der Waals surface area contributed by atoms with Crippen LogP contribution in [-0.2, 0) is 9.53 Å². The highest BCUT2D eigenvalue weighted by Gasteiger charge is 2.25. The molecule has 0 N–H and O–H groups in total. The summed E-state index contributed by atoms with van der Waals surface area (Å²) in [5.74, 6) is 0.997. The number of ether oxygens (including phenoxy) is 1. The number of benzene rings is 2. The third-order valence-corrected chi connectivity index (χ3v) is 6.08. The lowest BCUT2D eigenvalue weighted by Gasteiger charge is -2.34. The van der Waals surface area contributed by atoms with E-state index in [0.29, 0.717) is 37.9 Å². The lowest BCUT2D eigenvalue weighted by Crippen LogP contribution is -2.51. The second kappa shape index (κ2) is 10.3. The number of carbonyl (C=O) groups excluding carboxylic acids is 2. The van der Waals surface area contributed by atoms with E-state index in [1.165, 1.54) is 11.8 Å². The minimum absolute atomic E-state index is 0.0161. The van der Waals surface area contributed by atoms with Crippen LogP contribution in [0.5, 0.6) is 0 Å². The van der Waals surface area contributed by atoms with Gasteiger partial charge in [-0.1, -0.05) is 60.3 Å². The Kier molecular flexibility index (Phi) is 7.06. The van der Waals surface area contributed by atoms with E-state index in [1.54, 1.807) is 16.7 Å². The second-order valence-corrected chi connectivity index (χ2v) is 8.14. The van der Waals surface area contributed by atoms with Gasteiger partial charge >= 0.3 is 6.09 Å². The van der Waals surface area contributed by atoms with Crippen molar-refractivity contribution in [3.05, 3.63) is 60.7 Å². The normalized spacial score (nSPS) is 13.8. The van der Waals surface area contributed by atoms with E-state index in [4.69, 9.17) is 4.74 Å². The SMILES string of the molecule is CCOC(=O)N1CCN(C(=O)CSc2nnc(-c3ccccc3)n2-c2ccccc2)CC1. The fourth-order valence-corrected chi connectivity index (χ4v) is 4.37. The van der Waals surface area contributed by atoms with Crippen LogP contribution in [0.15, 0.2) is 65.8 Å². The number of hydrogen-bond acceptors (Lipinski definition) is 6. The lowest BCUT2D eigenvalue weighted by molar-refractivity contribution is -0.129. The molecular formula is C23H25N5O3S. The molecular weight excluding hydrogens is 426 g/mol. The molecule has 9 heteroatoms. The van der Waals surface area contributed by atoms with E-state index in [9.17, 15) is 9.59 Å². The molecule has 4 rings (SSSR count). The molecule has 0 atom stereocenters. The lowest BCUT2D eigenvalue weighted by atomic mass is 10.2. The number of amides is 2. The first-order valence-corrected chi connectivity index (χ1v) is 11.5. The van der Waals surface area contributed by atoms with E-state index >= 15 is 0 Å². The van der Waals surface area contributed by atoms with E-state index in [2.05, 4.69) is 10.2 Å². The summed E-state index contributed by atoms with van der Waals surface area (Å²) >= 11 is 1.37. The van der Waals surface area contributed by atoms with Gasteiger partial charge in [-0.25, -0.2) is 4.79 Å². The van der Waals surface area contributed by atoms with Crippen LogP contribution in [-0.4, -0.2) is 75.1 Å². The second-order valence-electron chi connectivity index (χ2n) is 7.20. The highest BCUT2D eigenvalue weighted by molar-refractivity contribution is 7.99. The van der Waals surface area contributed by atoms with Crippen LogP contribution >= 0.6 is 11.8 Å². The van der Waals surface area contributed by atoms with Gasteiger partial charge in [0.1, 0.15) is 0 Å². The Labute approximate surface area is 191 Å². The maximum absolute atomic E-state index is 12.8. The molecule has 1 aromatic heterocycles. The summed E-state index contributed by atoms with van der Waals surface area (Å²) in [6, 6.07) is 19.8. The minimum atomic E-state index is -0.321. The number of rotatable bonds is 6. The largest absolute Gasteiger partial charge is 0.450 e. The first-order valence-electron chi connectivity index (χ1n) is 10.6. The molecule has 2 heterocycles. The predicted octanol–water partition coefficient (Wildman–Crippen LogP) is 3.33. The summed E-state index contributed by atoms with van der Waals surface area (Å²) in [5, 5.41) is 9.45. The van der Waals surface area contributed by atoms with Crippen molar-refractivity contribution in [3.8, 4) is 17.1 Å². The molecule has 0 spiro atoms. The molecule has 1 fully saturated rings. The van der Waals surface area contributed by atoms with Gasteiger partial charge in [-0.05, 0) is 19.1 Å². The molecule has 1 aliphatic heterocycles. The van der Waals surface area contributed by atoms with E-state index in [-0.39, 0.29) is 17.8 Å². The third kappa shape index (κ3) is 4.94. The minimum Gasteiger partial charge on any atom is -0.450 e. The first-order chi connectivity index (χ1) is 15.7. The van der Waals surface area contributed by atoms with Crippen LogP contribution in [0.3, 0.4) is 0 Å². The van der Waals surface area contributed by atoms with Crippen LogP contribution in [0, 0.1) is 0 Å². The van der Waals surface area contributed by atoms with Crippen LogP contribution in [0.4, 0.5) is 4.79 Å². The number of hydrogen-bond donors (Lipinski definition) is 0. The molecule has 8 nitrogen and oxygen atoms in total. The van der Waals surface area contributed by atoms with Gasteiger partial charge in [-0.15, -0.1) is 10.2 Å². The van der Waals surface area contributed by atoms with Crippen molar-refractivity contribution >= 4 is 23.8 Å². The number of carbonyl (C=O) groups is 2. The average molecular weight is 452 g/mol. The molecule has 1 aliphatic rings. The van der Waals surface area contributed by atoms with Gasteiger partial charge in [0.15, 0.2) is 11.0 Å². The fourth-order valence-electron chi connectivity index (χ4n) is 3.52. The molecule has 166 valence electrons. The zero-order valence-electron chi connectivity index (χ0n) is 17.9. The van der Waals surface area contributed by atoms with Gasteiger partial charge in [-0.3, -0.25) is 9.36 Å². The van der Waals surface area contributed by atoms with Crippen molar-refractivity contribution in [1.82, 2.24) is 24.6 Å². The van der Waals surface area contributed by atoms with Gasteiger partial charge in [0, 0.05) is 37.4 Å². The third-order valence-electron chi connectivity index (χ3n) is 5.16. The Balaban J connectivity index is 1.45. The molecule has 2 aromatic carbocycles. The van der Waals surface area contributed by atoms with Gasteiger partial charge in [0.2, 0.25) is 5.91 Å². The summed E-state index contributed by atoms with van der Waals surface area (Å²) in [6.45, 7) is 4.09. The topological polar surface area (TPSA) is 80.6 Å². The van der Waals surface area contributed by atoms with Gasteiger partial charge in [0.05, 0.1) is 12.4 Å². The van der Waals surface area contributed by atoms with Crippen molar-refractivity contribution in [3.63, 3.8) is 0 Å². The van der Waals surface area contributed by atoms with E-state index in [0.717, 1.165) is 17.1 Å². The first kappa shape index (κ1) is 21.9. The smallest absolute Gasteiger partial charge is 0.409 e. The maximum Gasteiger partial charge on any atom is 0.409 e. The quantitative estimate of drug-likeness (QED) is 0.535. The summed E-state index contributed by atoms with van der Waals surface area (Å²) < 4.78 is 7.02. The highest BCUT2D eigenvalue weighted by atomic mass is 32.2. The van der Waals surface area contributed by atoms with Gasteiger partial charge in [0.25, 0.3) is 0 Å². The van der Waals surface area contributed by atoms with Crippen molar-refractivity contribution in [1.29, 1.82) is 0 Å². The Morgan fingerprint density at radius 2 is 1.53 bits per heavy atom. The summed E-state index contributed by atoms with van der Waals surface area (Å²) in [4.78, 5) is 28.1. The molecule has 0 saturated carbocycles. The summed E-state index contributed by atoms with van der Waals surface area (Å²) in [6.07, 6.45) is -0.321. The van der Waals surface area contributed by atoms with Crippen molar-refractivity contribution in [2.24, 2.45) is 0 Å². The maximum atomic E-state index is 12.8. The molecule has 1 saturated heterocycles. The molecule has 0 aliphatic carbocycles. The number of para-hydroxylation sites is 1. The van der Waals surface area contributed by atoms with E-state index < -0.39 is 0 Å². The molecule has 0 unspecified atom stereocenters. The molecule has 3 aromatic rings. The number of nitrogens with zero attached hydrogens (tertiary/aromatic N) is 5. The van der Waals surface area contributed by atoms with Gasteiger partial charge < -0.3 is 14.5 Å². The Morgan fingerprint density at radius 1 is 0.906 bits per heavy atom. The Morgan fingerprint density at radius 3 is 2.19 bits per heavy atom. The fraction of sp³-hybridized carbons (Fsp3) is 0.304. The van der Waals surface area contributed by atoms with Crippen LogP contribution in [0.1, 0.15) is 6.92 Å². The van der Waals surface area contributed by atoms with Crippen molar-refractivity contribution < 1.29 is 14.3 Å². The zero-order chi connectivity index (χ0) is 22.3. The summed E-state index contributed by atoms with van der Waals surface area (Å²) in [7, 11) is 0. The van der Waals surface area contributed by atoms with Crippen molar-refractivity contribution in [2.45, 2.75) is 12.1 Å². The number of aromatic nitrogens is 3. The molecule has 2 amide bonds. The van der Waals surface area contributed by atoms with Crippen molar-refractivity contribution in [2.75, 3.05) is 38.5 Å². The van der Waals surface area contributed by atoms with Gasteiger partial charge in [-0.2, -0.15) is 0 Å². The average Bonchev–Trinajstić information content (AvgIpc) is 3.28. The Bertz CT molecular complexity index is 1050. The van der Waals surface area contributed by atoms with Crippen LogP contribution in [0.25, 0.3) is 17.1 Å².